The van der Waals surface area contributed by atoms with Gasteiger partial charge in [0.25, 0.3) is 5.91 Å². The number of aromatic nitrogens is 5. The van der Waals surface area contributed by atoms with Crippen molar-refractivity contribution in [1.29, 1.82) is 0 Å². The molecule has 2 heterocycles. The Labute approximate surface area is 185 Å². The zero-order chi connectivity index (χ0) is 22.7. The molecule has 0 fully saturated rings. The fourth-order valence-corrected chi connectivity index (χ4v) is 3.43. The molecule has 2 aromatic carbocycles. The third kappa shape index (κ3) is 4.72. The lowest BCUT2D eigenvalue weighted by atomic mass is 10.1. The second kappa shape index (κ2) is 9.09. The molecule has 0 saturated carbocycles. The molecule has 0 spiro atoms. The molecule has 166 valence electrons. The van der Waals surface area contributed by atoms with E-state index < -0.39 is 0 Å². The van der Waals surface area contributed by atoms with Crippen molar-refractivity contribution in [2.24, 2.45) is 7.05 Å². The normalized spacial score (nSPS) is 11.2. The average Bonchev–Trinajstić information content (AvgIpc) is 3.37. The van der Waals surface area contributed by atoms with Gasteiger partial charge in [0.1, 0.15) is 17.3 Å². The summed E-state index contributed by atoms with van der Waals surface area (Å²) in [6, 6.07) is 11.6. The number of carbonyl (C=O) groups excluding carboxylic acids is 1. The number of ether oxygens (including phenoxy) is 2. The molecular formula is C23H26N6O3. The largest absolute Gasteiger partial charge is 0.496 e. The van der Waals surface area contributed by atoms with Crippen LogP contribution >= 0.6 is 0 Å². The first-order valence-electron chi connectivity index (χ1n) is 10.4. The van der Waals surface area contributed by atoms with Crippen LogP contribution in [-0.4, -0.2) is 50.6 Å². The standard InChI is InChI=1S/C23H26N6O3/c1-14(2)25-22(30)13-32-17-6-7-18(20(11-17)31-4)23-26-21(29(3)28-23)10-15-5-8-19-16(9-15)12-24-27-19/h5-9,11-12,14H,10,13H2,1-4H3,(H,24,27)(H,25,30). The lowest BCUT2D eigenvalue weighted by molar-refractivity contribution is -0.123. The fraction of sp³-hybridized carbons (Fsp3) is 0.304. The molecule has 0 unspecified atom stereocenters. The second-order valence-electron chi connectivity index (χ2n) is 7.82. The van der Waals surface area contributed by atoms with Gasteiger partial charge in [-0.3, -0.25) is 14.6 Å². The van der Waals surface area contributed by atoms with Gasteiger partial charge in [-0.25, -0.2) is 4.98 Å². The van der Waals surface area contributed by atoms with E-state index in [4.69, 9.17) is 14.5 Å². The summed E-state index contributed by atoms with van der Waals surface area (Å²) in [4.78, 5) is 16.6. The Morgan fingerprint density at radius 2 is 2.06 bits per heavy atom. The van der Waals surface area contributed by atoms with E-state index in [1.807, 2.05) is 39.2 Å². The van der Waals surface area contributed by atoms with Crippen LogP contribution in [-0.2, 0) is 18.3 Å². The van der Waals surface area contributed by atoms with E-state index in [0.717, 1.165) is 27.9 Å². The van der Waals surface area contributed by atoms with Crippen molar-refractivity contribution in [1.82, 2.24) is 30.3 Å². The molecule has 9 nitrogen and oxygen atoms in total. The van der Waals surface area contributed by atoms with Gasteiger partial charge < -0.3 is 14.8 Å². The van der Waals surface area contributed by atoms with Crippen molar-refractivity contribution in [2.75, 3.05) is 13.7 Å². The number of hydrogen-bond donors (Lipinski definition) is 2. The van der Waals surface area contributed by atoms with Gasteiger partial charge in [0.05, 0.1) is 24.4 Å². The molecule has 32 heavy (non-hydrogen) atoms. The lowest BCUT2D eigenvalue weighted by Crippen LogP contribution is -2.34. The highest BCUT2D eigenvalue weighted by Crippen LogP contribution is 2.32. The monoisotopic (exact) mass is 434 g/mol. The number of nitrogens with one attached hydrogen (secondary N) is 2. The van der Waals surface area contributed by atoms with Gasteiger partial charge in [0.2, 0.25) is 0 Å². The minimum atomic E-state index is -0.173. The number of fused-ring (bicyclic) bond motifs is 1. The first-order chi connectivity index (χ1) is 15.4. The van der Waals surface area contributed by atoms with Crippen molar-refractivity contribution in [3.8, 4) is 22.9 Å². The van der Waals surface area contributed by atoms with E-state index in [0.29, 0.717) is 23.7 Å². The molecule has 0 atom stereocenters. The van der Waals surface area contributed by atoms with Crippen LogP contribution in [0.2, 0.25) is 0 Å². The Hall–Kier alpha value is -3.88. The minimum absolute atomic E-state index is 0.0618. The summed E-state index contributed by atoms with van der Waals surface area (Å²) in [7, 11) is 3.46. The molecular weight excluding hydrogens is 408 g/mol. The Bertz CT molecular complexity index is 1240. The third-order valence-electron chi connectivity index (χ3n) is 4.95. The summed E-state index contributed by atoms with van der Waals surface area (Å²) in [6.45, 7) is 3.74. The van der Waals surface area contributed by atoms with Gasteiger partial charge in [0, 0.05) is 31.0 Å². The van der Waals surface area contributed by atoms with Gasteiger partial charge in [-0.2, -0.15) is 10.2 Å². The summed E-state index contributed by atoms with van der Waals surface area (Å²) in [5.74, 6) is 2.33. The van der Waals surface area contributed by atoms with Gasteiger partial charge in [0.15, 0.2) is 12.4 Å². The topological polar surface area (TPSA) is 107 Å². The van der Waals surface area contributed by atoms with Crippen LogP contribution in [0.25, 0.3) is 22.3 Å². The van der Waals surface area contributed by atoms with Crippen LogP contribution in [0.15, 0.2) is 42.6 Å². The third-order valence-corrected chi connectivity index (χ3v) is 4.95. The van der Waals surface area contributed by atoms with E-state index in [2.05, 4.69) is 32.7 Å². The molecule has 4 aromatic rings. The highest BCUT2D eigenvalue weighted by molar-refractivity contribution is 5.79. The Morgan fingerprint density at radius 1 is 1.22 bits per heavy atom. The fourth-order valence-electron chi connectivity index (χ4n) is 3.43. The summed E-state index contributed by atoms with van der Waals surface area (Å²) >= 11 is 0. The summed E-state index contributed by atoms with van der Waals surface area (Å²) < 4.78 is 12.9. The SMILES string of the molecule is COc1cc(OCC(=O)NC(C)C)ccc1-c1nc(Cc2ccc3[nH]ncc3c2)n(C)n1. The Morgan fingerprint density at radius 3 is 2.84 bits per heavy atom. The maximum absolute atomic E-state index is 11.8. The molecule has 1 amide bonds. The number of carbonyl (C=O) groups is 1. The van der Waals surface area contributed by atoms with Crippen LogP contribution in [0.5, 0.6) is 11.5 Å². The number of benzene rings is 2. The summed E-state index contributed by atoms with van der Waals surface area (Å²) in [6.07, 6.45) is 2.45. The van der Waals surface area contributed by atoms with Crippen molar-refractivity contribution >= 4 is 16.8 Å². The van der Waals surface area contributed by atoms with Crippen molar-refractivity contribution in [2.45, 2.75) is 26.3 Å². The quantitative estimate of drug-likeness (QED) is 0.442. The van der Waals surface area contributed by atoms with Crippen LogP contribution in [0.3, 0.4) is 0 Å². The van der Waals surface area contributed by atoms with E-state index in [1.165, 1.54) is 0 Å². The number of H-pyrrole nitrogens is 1. The van der Waals surface area contributed by atoms with Crippen LogP contribution < -0.4 is 14.8 Å². The number of aromatic amines is 1. The lowest BCUT2D eigenvalue weighted by Gasteiger charge is -2.11. The molecule has 0 saturated heterocycles. The summed E-state index contributed by atoms with van der Waals surface area (Å²) in [5, 5.41) is 15.5. The van der Waals surface area contributed by atoms with E-state index in [9.17, 15) is 4.79 Å². The Balaban J connectivity index is 1.52. The van der Waals surface area contributed by atoms with Crippen molar-refractivity contribution in [3.63, 3.8) is 0 Å². The highest BCUT2D eigenvalue weighted by atomic mass is 16.5. The molecule has 0 aliphatic heterocycles. The predicted molar refractivity (Wildman–Crippen MR) is 121 cm³/mol. The first-order valence-corrected chi connectivity index (χ1v) is 10.4. The number of amides is 1. The molecule has 0 radical (unpaired) electrons. The smallest absolute Gasteiger partial charge is 0.258 e. The van der Waals surface area contributed by atoms with Gasteiger partial charge >= 0.3 is 0 Å². The number of aryl methyl sites for hydroxylation is 1. The molecule has 4 rings (SSSR count). The van der Waals surface area contributed by atoms with Crippen molar-refractivity contribution < 1.29 is 14.3 Å². The van der Waals surface area contributed by atoms with Gasteiger partial charge in [-0.1, -0.05) is 6.07 Å². The second-order valence-corrected chi connectivity index (χ2v) is 7.82. The molecule has 0 bridgehead atoms. The maximum atomic E-state index is 11.8. The predicted octanol–water partition coefficient (Wildman–Crippen LogP) is 2.86. The van der Waals surface area contributed by atoms with E-state index in [-0.39, 0.29) is 18.6 Å². The molecule has 0 aliphatic rings. The minimum Gasteiger partial charge on any atom is -0.496 e. The van der Waals surface area contributed by atoms with Crippen LogP contribution in [0.1, 0.15) is 25.2 Å². The van der Waals surface area contributed by atoms with E-state index >= 15 is 0 Å². The van der Waals surface area contributed by atoms with Gasteiger partial charge in [-0.15, -0.1) is 0 Å². The maximum Gasteiger partial charge on any atom is 0.258 e. The number of methoxy groups -OCH3 is 1. The van der Waals surface area contributed by atoms with Crippen LogP contribution in [0.4, 0.5) is 0 Å². The molecule has 0 aliphatic carbocycles. The first kappa shape index (κ1) is 21.4. The van der Waals surface area contributed by atoms with Crippen molar-refractivity contribution in [3.05, 3.63) is 54.0 Å². The number of rotatable bonds is 8. The van der Waals surface area contributed by atoms with Gasteiger partial charge in [-0.05, 0) is 43.7 Å². The molecule has 2 aromatic heterocycles. The van der Waals surface area contributed by atoms with Crippen LogP contribution in [0, 0.1) is 0 Å². The average molecular weight is 435 g/mol. The summed E-state index contributed by atoms with van der Waals surface area (Å²) in [5.41, 5.74) is 2.87. The number of nitrogens with zero attached hydrogens (tertiary/aromatic N) is 4. The zero-order valence-corrected chi connectivity index (χ0v) is 18.5. The zero-order valence-electron chi connectivity index (χ0n) is 18.5. The molecule has 2 N–H and O–H groups in total. The number of hydrogen-bond acceptors (Lipinski definition) is 6. The molecule has 9 heteroatoms. The van der Waals surface area contributed by atoms with E-state index in [1.54, 1.807) is 23.9 Å². The Kier molecular flexibility index (Phi) is 6.07. The highest BCUT2D eigenvalue weighted by Gasteiger charge is 2.16.